The number of hydrogen-bond acceptors (Lipinski definition) is 2. The van der Waals surface area contributed by atoms with Gasteiger partial charge in [-0.15, -0.1) is 0 Å². The van der Waals surface area contributed by atoms with Crippen LogP contribution in [0.1, 0.15) is 41.5 Å². The van der Waals surface area contributed by atoms with Gasteiger partial charge in [0.2, 0.25) is 5.91 Å². The fourth-order valence-electron chi connectivity index (χ4n) is 3.62. The molecule has 0 aliphatic heterocycles. The number of hydrogen-bond donors (Lipinski definition) is 2. The molecule has 1 unspecified atom stereocenters. The van der Waals surface area contributed by atoms with Gasteiger partial charge in [0.15, 0.2) is 0 Å². The normalized spacial score (nSPS) is 13.8. The number of rotatable bonds is 8. The van der Waals surface area contributed by atoms with Crippen molar-refractivity contribution in [2.24, 2.45) is 0 Å². The maximum absolute atomic E-state index is 12.5. The molecule has 1 aliphatic rings. The highest BCUT2D eigenvalue weighted by molar-refractivity contribution is 5.79. The molecular weight excluding hydrogens is 326 g/mol. The lowest BCUT2D eigenvalue weighted by Crippen LogP contribution is -2.37. The van der Waals surface area contributed by atoms with Gasteiger partial charge in [-0.05, 0) is 54.4 Å². The highest BCUT2D eigenvalue weighted by atomic mass is 16.4. The van der Waals surface area contributed by atoms with E-state index in [1.54, 1.807) is 0 Å². The summed E-state index contributed by atoms with van der Waals surface area (Å²) in [6, 6.07) is 16.0. The van der Waals surface area contributed by atoms with Crippen LogP contribution in [0.2, 0.25) is 0 Å². The van der Waals surface area contributed by atoms with E-state index in [9.17, 15) is 9.59 Å². The summed E-state index contributed by atoms with van der Waals surface area (Å²) in [4.78, 5) is 23.4. The molecule has 0 aromatic heterocycles. The number of carboxylic acid groups (broad SMARTS) is 1. The van der Waals surface area contributed by atoms with Gasteiger partial charge in [0.25, 0.3) is 0 Å². The van der Waals surface area contributed by atoms with Crippen LogP contribution in [-0.2, 0) is 35.3 Å². The van der Waals surface area contributed by atoms with Gasteiger partial charge in [-0.25, -0.2) is 0 Å². The second kappa shape index (κ2) is 8.65. The Morgan fingerprint density at radius 3 is 2.54 bits per heavy atom. The van der Waals surface area contributed by atoms with Crippen LogP contribution in [0.25, 0.3) is 0 Å². The summed E-state index contributed by atoms with van der Waals surface area (Å²) in [6.45, 7) is 0. The molecule has 0 saturated heterocycles. The number of aliphatic carboxylic acids is 1. The van der Waals surface area contributed by atoms with E-state index in [4.69, 9.17) is 5.11 Å². The Morgan fingerprint density at radius 1 is 1.00 bits per heavy atom. The van der Waals surface area contributed by atoms with E-state index in [-0.39, 0.29) is 18.4 Å². The Bertz CT molecular complexity index is 770. The Kier molecular flexibility index (Phi) is 6.05. The zero-order chi connectivity index (χ0) is 18.4. The van der Waals surface area contributed by atoms with Crippen molar-refractivity contribution in [3.05, 3.63) is 70.8 Å². The number of nitrogens with one attached hydrogen (secondary N) is 1. The summed E-state index contributed by atoms with van der Waals surface area (Å²) >= 11 is 0. The van der Waals surface area contributed by atoms with Crippen LogP contribution in [0.3, 0.4) is 0 Å². The molecule has 0 radical (unpaired) electrons. The largest absolute Gasteiger partial charge is 0.481 e. The lowest BCUT2D eigenvalue weighted by molar-refractivity contribution is -0.137. The summed E-state index contributed by atoms with van der Waals surface area (Å²) in [6.07, 6.45) is 4.89. The zero-order valence-electron chi connectivity index (χ0n) is 14.9. The number of carboxylic acids is 1. The molecule has 2 N–H and O–H groups in total. The predicted molar refractivity (Wildman–Crippen MR) is 101 cm³/mol. The van der Waals surface area contributed by atoms with Crippen molar-refractivity contribution in [1.29, 1.82) is 0 Å². The van der Waals surface area contributed by atoms with E-state index in [0.29, 0.717) is 19.3 Å². The lowest BCUT2D eigenvalue weighted by atomic mass is 10.0. The van der Waals surface area contributed by atoms with Crippen molar-refractivity contribution < 1.29 is 14.7 Å². The van der Waals surface area contributed by atoms with Crippen molar-refractivity contribution in [1.82, 2.24) is 5.32 Å². The number of carbonyl (C=O) groups excluding carboxylic acids is 1. The van der Waals surface area contributed by atoms with Crippen molar-refractivity contribution in [2.45, 2.75) is 51.0 Å². The van der Waals surface area contributed by atoms with Crippen LogP contribution in [0.4, 0.5) is 0 Å². The second-order valence-electron chi connectivity index (χ2n) is 7.02. The van der Waals surface area contributed by atoms with Crippen molar-refractivity contribution in [3.63, 3.8) is 0 Å². The first-order chi connectivity index (χ1) is 12.6. The molecule has 0 spiro atoms. The molecule has 136 valence electrons. The van der Waals surface area contributed by atoms with Crippen LogP contribution in [0, 0.1) is 0 Å². The topological polar surface area (TPSA) is 66.4 Å². The molecule has 2 aromatic carbocycles. The molecule has 2 aromatic rings. The summed E-state index contributed by atoms with van der Waals surface area (Å²) in [5.74, 6) is -0.884. The van der Waals surface area contributed by atoms with Gasteiger partial charge in [-0.2, -0.15) is 0 Å². The minimum absolute atomic E-state index is 0.0470. The van der Waals surface area contributed by atoms with E-state index in [2.05, 4.69) is 17.4 Å². The van der Waals surface area contributed by atoms with Crippen LogP contribution >= 0.6 is 0 Å². The van der Waals surface area contributed by atoms with E-state index in [1.807, 2.05) is 36.4 Å². The number of fused-ring (bicyclic) bond motifs is 1. The monoisotopic (exact) mass is 351 g/mol. The maximum Gasteiger partial charge on any atom is 0.303 e. The van der Waals surface area contributed by atoms with E-state index in [0.717, 1.165) is 24.0 Å². The van der Waals surface area contributed by atoms with Crippen LogP contribution < -0.4 is 5.32 Å². The fourth-order valence-corrected chi connectivity index (χ4v) is 3.62. The fraction of sp³-hybridized carbons (Fsp3) is 0.364. The highest BCUT2D eigenvalue weighted by Gasteiger charge is 2.16. The molecule has 0 heterocycles. The van der Waals surface area contributed by atoms with Crippen molar-refractivity contribution >= 4 is 11.9 Å². The van der Waals surface area contributed by atoms with E-state index < -0.39 is 5.97 Å². The Morgan fingerprint density at radius 2 is 1.77 bits per heavy atom. The molecular formula is C22H25NO3. The first kappa shape index (κ1) is 18.2. The van der Waals surface area contributed by atoms with Gasteiger partial charge < -0.3 is 10.4 Å². The van der Waals surface area contributed by atoms with E-state index in [1.165, 1.54) is 17.5 Å². The predicted octanol–water partition coefficient (Wildman–Crippen LogP) is 3.31. The summed E-state index contributed by atoms with van der Waals surface area (Å²) in [5, 5.41) is 12.0. The standard InChI is InChI=1S/C22H25NO3/c24-21(15-17-9-10-18-7-4-8-19(18)13-17)23-20(11-12-22(25)26)14-16-5-2-1-3-6-16/h1-3,5-6,9-10,13,20H,4,7-8,11-12,14-15H2,(H,23,24)(H,25,26). The minimum atomic E-state index is -0.837. The smallest absolute Gasteiger partial charge is 0.303 e. The molecule has 26 heavy (non-hydrogen) atoms. The first-order valence-corrected chi connectivity index (χ1v) is 9.26. The van der Waals surface area contributed by atoms with Gasteiger partial charge in [0.1, 0.15) is 0 Å². The molecule has 1 amide bonds. The Hall–Kier alpha value is -2.62. The second-order valence-corrected chi connectivity index (χ2v) is 7.02. The lowest BCUT2D eigenvalue weighted by Gasteiger charge is -2.18. The summed E-state index contributed by atoms with van der Waals surface area (Å²) in [5.41, 5.74) is 4.89. The van der Waals surface area contributed by atoms with Crippen LogP contribution in [-0.4, -0.2) is 23.0 Å². The van der Waals surface area contributed by atoms with Crippen molar-refractivity contribution in [3.8, 4) is 0 Å². The number of amides is 1. The molecule has 4 nitrogen and oxygen atoms in total. The number of carbonyl (C=O) groups is 2. The molecule has 0 bridgehead atoms. The molecule has 1 atom stereocenters. The van der Waals surface area contributed by atoms with E-state index >= 15 is 0 Å². The average Bonchev–Trinajstić information content (AvgIpc) is 3.08. The Balaban J connectivity index is 1.61. The molecule has 4 heteroatoms. The van der Waals surface area contributed by atoms with Crippen LogP contribution in [0.5, 0.6) is 0 Å². The third kappa shape index (κ3) is 5.19. The number of aryl methyl sites for hydroxylation is 2. The molecule has 0 saturated carbocycles. The first-order valence-electron chi connectivity index (χ1n) is 9.26. The van der Waals surface area contributed by atoms with Crippen LogP contribution in [0.15, 0.2) is 48.5 Å². The highest BCUT2D eigenvalue weighted by Crippen LogP contribution is 2.23. The third-order valence-electron chi connectivity index (χ3n) is 4.92. The van der Waals surface area contributed by atoms with Gasteiger partial charge in [-0.1, -0.05) is 48.5 Å². The van der Waals surface area contributed by atoms with Gasteiger partial charge in [0.05, 0.1) is 6.42 Å². The van der Waals surface area contributed by atoms with Gasteiger partial charge >= 0.3 is 5.97 Å². The van der Waals surface area contributed by atoms with Crippen molar-refractivity contribution in [2.75, 3.05) is 0 Å². The SMILES string of the molecule is O=C(O)CCC(Cc1ccccc1)NC(=O)Cc1ccc2c(c1)CCC2. The molecule has 3 rings (SSSR count). The zero-order valence-corrected chi connectivity index (χ0v) is 14.9. The van der Waals surface area contributed by atoms with Gasteiger partial charge in [-0.3, -0.25) is 9.59 Å². The average molecular weight is 351 g/mol. The third-order valence-corrected chi connectivity index (χ3v) is 4.92. The maximum atomic E-state index is 12.5. The summed E-state index contributed by atoms with van der Waals surface area (Å²) in [7, 11) is 0. The summed E-state index contributed by atoms with van der Waals surface area (Å²) < 4.78 is 0. The minimum Gasteiger partial charge on any atom is -0.481 e. The van der Waals surface area contributed by atoms with Gasteiger partial charge in [0, 0.05) is 12.5 Å². The molecule has 1 aliphatic carbocycles. The Labute approximate surface area is 154 Å². The number of benzene rings is 2. The molecule has 0 fully saturated rings. The quantitative estimate of drug-likeness (QED) is 0.767.